The van der Waals surface area contributed by atoms with E-state index in [0.29, 0.717) is 18.8 Å². The Balaban J connectivity index is 1.72. The first-order chi connectivity index (χ1) is 9.38. The van der Waals surface area contributed by atoms with Crippen LogP contribution in [0.25, 0.3) is 0 Å². The molecule has 0 aliphatic carbocycles. The van der Waals surface area contributed by atoms with Crippen LogP contribution in [-0.4, -0.2) is 6.29 Å². The first-order valence-corrected chi connectivity index (χ1v) is 6.22. The zero-order chi connectivity index (χ0) is 13.1. The molecule has 19 heavy (non-hydrogen) atoms. The third-order valence-corrected chi connectivity index (χ3v) is 3.27. The smallest absolute Gasteiger partial charge is 0.184 e. The molecular weight excluding hydrogens is 240 g/mol. The van der Waals surface area contributed by atoms with Gasteiger partial charge in [0.1, 0.15) is 6.29 Å². The topological polar surface area (TPSA) is 35.5 Å². The summed E-state index contributed by atoms with van der Waals surface area (Å²) < 4.78 is 11.4. The Morgan fingerprint density at radius 3 is 2.84 bits per heavy atom. The van der Waals surface area contributed by atoms with Crippen LogP contribution in [0.15, 0.2) is 48.5 Å². The highest BCUT2D eigenvalue weighted by Gasteiger charge is 2.23. The molecule has 1 heterocycles. The molecule has 0 fully saturated rings. The summed E-state index contributed by atoms with van der Waals surface area (Å²) in [5.74, 6) is 0. The second-order valence-corrected chi connectivity index (χ2v) is 4.47. The highest BCUT2D eigenvalue weighted by atomic mass is 16.7. The highest BCUT2D eigenvalue weighted by molar-refractivity contribution is 5.76. The largest absolute Gasteiger partial charge is 0.344 e. The van der Waals surface area contributed by atoms with Crippen molar-refractivity contribution in [3.63, 3.8) is 0 Å². The quantitative estimate of drug-likeness (QED) is 0.786. The molecule has 0 radical (unpaired) electrons. The number of carbonyl (C=O) groups excluding carboxylic acids is 1. The predicted molar refractivity (Wildman–Crippen MR) is 70.6 cm³/mol. The number of ether oxygens (including phenoxy) is 2. The monoisotopic (exact) mass is 254 g/mol. The summed E-state index contributed by atoms with van der Waals surface area (Å²) in [6.07, 6.45) is 0.512. The number of aldehydes is 1. The van der Waals surface area contributed by atoms with Gasteiger partial charge in [-0.2, -0.15) is 0 Å². The van der Waals surface area contributed by atoms with Crippen LogP contribution in [-0.2, 0) is 22.7 Å². The number of hydrogen-bond acceptors (Lipinski definition) is 3. The van der Waals surface area contributed by atoms with Crippen LogP contribution in [0.3, 0.4) is 0 Å². The zero-order valence-corrected chi connectivity index (χ0v) is 10.4. The van der Waals surface area contributed by atoms with Crippen LogP contribution in [0.2, 0.25) is 0 Å². The van der Waals surface area contributed by atoms with Crippen LogP contribution >= 0.6 is 0 Å². The fraction of sp³-hybridized carbons (Fsp3) is 0.188. The third-order valence-electron chi connectivity index (χ3n) is 3.27. The molecule has 1 aliphatic rings. The lowest BCUT2D eigenvalue weighted by molar-refractivity contribution is -0.145. The molecule has 2 aromatic carbocycles. The van der Waals surface area contributed by atoms with E-state index in [2.05, 4.69) is 0 Å². The Kier molecular flexibility index (Phi) is 3.40. The second-order valence-electron chi connectivity index (χ2n) is 4.47. The van der Waals surface area contributed by atoms with E-state index >= 15 is 0 Å². The van der Waals surface area contributed by atoms with E-state index in [1.54, 1.807) is 6.07 Å². The van der Waals surface area contributed by atoms with Crippen molar-refractivity contribution >= 4 is 6.29 Å². The Bertz CT molecular complexity index is 592. The lowest BCUT2D eigenvalue weighted by Crippen LogP contribution is -2.04. The van der Waals surface area contributed by atoms with Gasteiger partial charge in [0.25, 0.3) is 0 Å². The maximum atomic E-state index is 10.9. The van der Waals surface area contributed by atoms with Gasteiger partial charge in [0.2, 0.25) is 0 Å². The molecule has 1 aliphatic heterocycles. The van der Waals surface area contributed by atoms with Gasteiger partial charge >= 0.3 is 0 Å². The Hall–Kier alpha value is -1.97. The van der Waals surface area contributed by atoms with Gasteiger partial charge in [-0.25, -0.2) is 0 Å². The summed E-state index contributed by atoms with van der Waals surface area (Å²) in [6, 6.07) is 15.4. The first-order valence-electron chi connectivity index (χ1n) is 6.22. The number of carbonyl (C=O) groups is 1. The van der Waals surface area contributed by atoms with Crippen LogP contribution in [0.1, 0.15) is 33.3 Å². The third kappa shape index (κ3) is 2.43. The molecule has 3 heteroatoms. The summed E-state index contributed by atoms with van der Waals surface area (Å²) in [4.78, 5) is 10.9. The van der Waals surface area contributed by atoms with E-state index in [9.17, 15) is 4.79 Å². The minimum atomic E-state index is -0.337. The summed E-state index contributed by atoms with van der Waals surface area (Å²) in [5, 5.41) is 0. The molecule has 1 unspecified atom stereocenters. The van der Waals surface area contributed by atoms with Crippen LogP contribution in [0.5, 0.6) is 0 Å². The van der Waals surface area contributed by atoms with Crippen LogP contribution < -0.4 is 0 Å². The van der Waals surface area contributed by atoms with Crippen molar-refractivity contribution in [1.82, 2.24) is 0 Å². The Morgan fingerprint density at radius 2 is 1.95 bits per heavy atom. The fourth-order valence-electron chi connectivity index (χ4n) is 2.23. The van der Waals surface area contributed by atoms with Gasteiger partial charge in [0.05, 0.1) is 13.2 Å². The van der Waals surface area contributed by atoms with Crippen LogP contribution in [0.4, 0.5) is 0 Å². The number of hydrogen-bond donors (Lipinski definition) is 0. The highest BCUT2D eigenvalue weighted by Crippen LogP contribution is 2.31. The van der Waals surface area contributed by atoms with Crippen molar-refractivity contribution in [3.8, 4) is 0 Å². The predicted octanol–water partition coefficient (Wildman–Crippen LogP) is 3.24. The van der Waals surface area contributed by atoms with Crippen molar-refractivity contribution in [1.29, 1.82) is 0 Å². The van der Waals surface area contributed by atoms with E-state index in [-0.39, 0.29) is 6.29 Å². The van der Waals surface area contributed by atoms with Gasteiger partial charge < -0.3 is 9.47 Å². The summed E-state index contributed by atoms with van der Waals surface area (Å²) in [6.45, 7) is 0.948. The van der Waals surface area contributed by atoms with Gasteiger partial charge in [-0.3, -0.25) is 4.79 Å². The fourth-order valence-corrected chi connectivity index (χ4v) is 2.23. The Morgan fingerprint density at radius 1 is 1.16 bits per heavy atom. The van der Waals surface area contributed by atoms with Gasteiger partial charge in [-0.15, -0.1) is 0 Å². The second kappa shape index (κ2) is 5.34. The molecule has 0 saturated carbocycles. The molecule has 0 saturated heterocycles. The minimum Gasteiger partial charge on any atom is -0.344 e. The normalized spacial score (nSPS) is 17.2. The molecule has 0 bridgehead atoms. The molecule has 0 amide bonds. The van der Waals surface area contributed by atoms with Crippen molar-refractivity contribution in [2.24, 2.45) is 0 Å². The molecule has 3 nitrogen and oxygen atoms in total. The van der Waals surface area contributed by atoms with Gasteiger partial charge in [0, 0.05) is 11.1 Å². The van der Waals surface area contributed by atoms with Crippen molar-refractivity contribution in [2.45, 2.75) is 19.5 Å². The summed E-state index contributed by atoms with van der Waals surface area (Å²) in [7, 11) is 0. The molecule has 2 aromatic rings. The molecule has 1 atom stereocenters. The number of fused-ring (bicyclic) bond motifs is 1. The standard InChI is InChI=1S/C16H14O3/c17-9-12-5-1-2-6-13(12)10-18-16-15-8-4-3-7-14(15)11-19-16/h1-9,16H,10-11H2. The van der Waals surface area contributed by atoms with E-state index in [4.69, 9.17) is 9.47 Å². The molecule has 96 valence electrons. The minimum absolute atomic E-state index is 0.337. The Labute approximate surface area is 111 Å². The molecular formula is C16H14O3. The van der Waals surface area contributed by atoms with Crippen molar-refractivity contribution in [3.05, 3.63) is 70.8 Å². The number of benzene rings is 2. The average molecular weight is 254 g/mol. The first kappa shape index (κ1) is 12.1. The van der Waals surface area contributed by atoms with Gasteiger partial charge in [-0.05, 0) is 11.1 Å². The molecule has 0 aromatic heterocycles. The van der Waals surface area contributed by atoms with E-state index < -0.39 is 0 Å². The molecule has 0 N–H and O–H groups in total. The van der Waals surface area contributed by atoms with Gasteiger partial charge in [0.15, 0.2) is 6.29 Å². The summed E-state index contributed by atoms with van der Waals surface area (Å²) in [5.41, 5.74) is 3.78. The molecule has 3 rings (SSSR count). The summed E-state index contributed by atoms with van der Waals surface area (Å²) >= 11 is 0. The zero-order valence-electron chi connectivity index (χ0n) is 10.4. The maximum absolute atomic E-state index is 10.9. The average Bonchev–Trinajstić information content (AvgIpc) is 2.89. The van der Waals surface area contributed by atoms with Gasteiger partial charge in [-0.1, -0.05) is 48.5 Å². The maximum Gasteiger partial charge on any atom is 0.184 e. The van der Waals surface area contributed by atoms with E-state index in [0.717, 1.165) is 23.0 Å². The lowest BCUT2D eigenvalue weighted by Gasteiger charge is -2.13. The van der Waals surface area contributed by atoms with E-state index in [1.165, 1.54) is 0 Å². The lowest BCUT2D eigenvalue weighted by atomic mass is 10.1. The SMILES string of the molecule is O=Cc1ccccc1COC1OCc2ccccc21. The number of rotatable bonds is 4. The van der Waals surface area contributed by atoms with E-state index in [1.807, 2.05) is 42.5 Å². The molecule has 0 spiro atoms. The van der Waals surface area contributed by atoms with Crippen molar-refractivity contribution in [2.75, 3.05) is 0 Å². The van der Waals surface area contributed by atoms with Crippen molar-refractivity contribution < 1.29 is 14.3 Å². The van der Waals surface area contributed by atoms with Crippen LogP contribution in [0, 0.1) is 0 Å².